The number of aliphatic hydroxyl groups is 1. The molecule has 2 heterocycles. The van der Waals surface area contributed by atoms with Gasteiger partial charge in [0.05, 0.1) is 11.6 Å². The van der Waals surface area contributed by atoms with E-state index in [9.17, 15) is 5.11 Å². The van der Waals surface area contributed by atoms with Crippen molar-refractivity contribution in [1.29, 1.82) is 0 Å². The zero-order chi connectivity index (χ0) is 16.9. The van der Waals surface area contributed by atoms with Crippen LogP contribution >= 0.6 is 0 Å². The maximum atomic E-state index is 10.8. The van der Waals surface area contributed by atoms with Crippen LogP contribution in [0.1, 0.15) is 36.7 Å². The van der Waals surface area contributed by atoms with E-state index in [4.69, 9.17) is 0 Å². The van der Waals surface area contributed by atoms with Crippen LogP contribution in [-0.4, -0.2) is 33.7 Å². The van der Waals surface area contributed by atoms with E-state index in [-0.39, 0.29) is 12.1 Å². The van der Waals surface area contributed by atoms with E-state index in [0.717, 1.165) is 6.42 Å². The number of nitrogens with zero attached hydrogens (tertiary/aromatic N) is 1. The fourth-order valence-electron chi connectivity index (χ4n) is 4.18. The molecule has 0 unspecified atom stereocenters. The molecule has 0 spiro atoms. The van der Waals surface area contributed by atoms with Gasteiger partial charge in [-0.1, -0.05) is 48.5 Å². The van der Waals surface area contributed by atoms with Gasteiger partial charge in [0.25, 0.3) is 0 Å². The molecule has 0 bridgehead atoms. The van der Waals surface area contributed by atoms with Crippen molar-refractivity contribution in [2.75, 3.05) is 7.05 Å². The zero-order valence-electron chi connectivity index (χ0n) is 14.5. The highest BCUT2D eigenvalue weighted by Crippen LogP contribution is 2.42. The smallest absolute Gasteiger partial charge is 0.0758 e. The summed E-state index contributed by atoms with van der Waals surface area (Å²) in [6.45, 7) is 3.83. The minimum Gasteiger partial charge on any atom is -0.389 e. The molecule has 4 rings (SSSR count). The van der Waals surface area contributed by atoms with E-state index in [1.165, 1.54) is 27.7 Å². The molecular weight excluding hydrogens is 296 g/mol. The second-order valence-corrected chi connectivity index (χ2v) is 7.42. The Morgan fingerprint density at radius 3 is 2.42 bits per heavy atom. The second kappa shape index (κ2) is 5.47. The Morgan fingerprint density at radius 2 is 1.71 bits per heavy atom. The van der Waals surface area contributed by atoms with Gasteiger partial charge in [0.1, 0.15) is 0 Å². The SMILES string of the molecule is CN1[C@H](c2ccccc2)c2[nH]c3ccccc3c2C[C@H]1C(C)(C)O. The summed E-state index contributed by atoms with van der Waals surface area (Å²) >= 11 is 0. The zero-order valence-corrected chi connectivity index (χ0v) is 14.5. The van der Waals surface area contributed by atoms with Gasteiger partial charge >= 0.3 is 0 Å². The second-order valence-electron chi connectivity index (χ2n) is 7.42. The van der Waals surface area contributed by atoms with Crippen molar-refractivity contribution < 1.29 is 5.11 Å². The molecule has 0 fully saturated rings. The number of para-hydroxylation sites is 1. The lowest BCUT2D eigenvalue weighted by atomic mass is 9.82. The number of fused-ring (bicyclic) bond motifs is 3. The maximum absolute atomic E-state index is 10.8. The average Bonchev–Trinajstić information content (AvgIpc) is 2.92. The lowest BCUT2D eigenvalue weighted by Crippen LogP contribution is -2.53. The Hall–Kier alpha value is -2.10. The first-order valence-corrected chi connectivity index (χ1v) is 8.55. The van der Waals surface area contributed by atoms with E-state index in [1.54, 1.807) is 0 Å². The molecular formula is C21H24N2O. The highest BCUT2D eigenvalue weighted by atomic mass is 16.3. The quantitative estimate of drug-likeness (QED) is 0.752. The Kier molecular flexibility index (Phi) is 3.52. The highest BCUT2D eigenvalue weighted by molar-refractivity contribution is 5.85. The van der Waals surface area contributed by atoms with Crippen LogP contribution in [0, 0.1) is 0 Å². The average molecular weight is 320 g/mol. The molecule has 24 heavy (non-hydrogen) atoms. The standard InChI is InChI=1S/C21H24N2O/c1-21(2,24)18-13-16-15-11-7-8-12-17(15)22-19(16)20(23(18)3)14-9-5-4-6-10-14/h4-12,18,20,22,24H,13H2,1-3H3/t18-,20+/m0/s1. The summed E-state index contributed by atoms with van der Waals surface area (Å²) in [6.07, 6.45) is 0.850. The van der Waals surface area contributed by atoms with E-state index in [2.05, 4.69) is 65.5 Å². The third kappa shape index (κ3) is 2.36. The van der Waals surface area contributed by atoms with Crippen molar-refractivity contribution in [3.8, 4) is 0 Å². The van der Waals surface area contributed by atoms with Gasteiger partial charge in [-0.15, -0.1) is 0 Å². The number of hydrogen-bond donors (Lipinski definition) is 2. The summed E-state index contributed by atoms with van der Waals surface area (Å²) in [5, 5.41) is 12.0. The molecule has 0 saturated heterocycles. The Bertz CT molecular complexity index is 860. The summed E-state index contributed by atoms with van der Waals surface area (Å²) < 4.78 is 0. The van der Waals surface area contributed by atoms with Crippen molar-refractivity contribution in [1.82, 2.24) is 9.88 Å². The molecule has 2 aromatic carbocycles. The van der Waals surface area contributed by atoms with Gasteiger partial charge < -0.3 is 10.1 Å². The van der Waals surface area contributed by atoms with Gasteiger partial charge in [0, 0.05) is 22.6 Å². The molecule has 2 atom stereocenters. The van der Waals surface area contributed by atoms with Crippen LogP contribution in [0.15, 0.2) is 54.6 Å². The highest BCUT2D eigenvalue weighted by Gasteiger charge is 2.41. The Morgan fingerprint density at radius 1 is 1.04 bits per heavy atom. The van der Waals surface area contributed by atoms with Crippen LogP contribution in [0.25, 0.3) is 10.9 Å². The molecule has 3 heteroatoms. The van der Waals surface area contributed by atoms with Crippen molar-refractivity contribution in [2.24, 2.45) is 0 Å². The summed E-state index contributed by atoms with van der Waals surface area (Å²) in [6, 6.07) is 19.2. The summed E-state index contributed by atoms with van der Waals surface area (Å²) in [5.74, 6) is 0. The van der Waals surface area contributed by atoms with Gasteiger partial charge in [0.15, 0.2) is 0 Å². The van der Waals surface area contributed by atoms with Gasteiger partial charge in [-0.05, 0) is 44.5 Å². The van der Waals surface area contributed by atoms with E-state index in [0.29, 0.717) is 0 Å². The van der Waals surface area contributed by atoms with Crippen LogP contribution < -0.4 is 0 Å². The molecule has 0 radical (unpaired) electrons. The number of aromatic amines is 1. The molecule has 0 saturated carbocycles. The molecule has 1 aliphatic rings. The van der Waals surface area contributed by atoms with Crippen molar-refractivity contribution >= 4 is 10.9 Å². The Labute approximate surface area is 142 Å². The number of aromatic nitrogens is 1. The number of likely N-dealkylation sites (N-methyl/N-ethyl adjacent to an activating group) is 1. The first kappa shape index (κ1) is 15.4. The van der Waals surface area contributed by atoms with Gasteiger partial charge in [-0.2, -0.15) is 0 Å². The van der Waals surface area contributed by atoms with E-state index in [1.807, 2.05) is 19.9 Å². The predicted molar refractivity (Wildman–Crippen MR) is 98.1 cm³/mol. The van der Waals surface area contributed by atoms with Crippen LogP contribution in [0.2, 0.25) is 0 Å². The van der Waals surface area contributed by atoms with Crippen LogP contribution in [0.4, 0.5) is 0 Å². The van der Waals surface area contributed by atoms with Gasteiger partial charge in [-0.25, -0.2) is 0 Å². The summed E-state index contributed by atoms with van der Waals surface area (Å²) in [5.41, 5.74) is 4.25. The van der Waals surface area contributed by atoms with Crippen LogP contribution in [0.5, 0.6) is 0 Å². The largest absolute Gasteiger partial charge is 0.389 e. The van der Waals surface area contributed by atoms with Gasteiger partial charge in [-0.3, -0.25) is 4.90 Å². The molecule has 1 aliphatic heterocycles. The molecule has 2 N–H and O–H groups in total. The number of hydrogen-bond acceptors (Lipinski definition) is 2. The van der Waals surface area contributed by atoms with Crippen molar-refractivity contribution in [3.63, 3.8) is 0 Å². The van der Waals surface area contributed by atoms with Gasteiger partial charge in [0.2, 0.25) is 0 Å². The minimum absolute atomic E-state index is 0.0643. The van der Waals surface area contributed by atoms with E-state index < -0.39 is 5.60 Å². The minimum atomic E-state index is -0.766. The fraction of sp³-hybridized carbons (Fsp3) is 0.333. The lowest BCUT2D eigenvalue weighted by molar-refractivity contribution is -0.0260. The summed E-state index contributed by atoms with van der Waals surface area (Å²) in [4.78, 5) is 5.96. The summed E-state index contributed by atoms with van der Waals surface area (Å²) in [7, 11) is 2.12. The number of rotatable bonds is 2. The normalized spacial score (nSPS) is 21.8. The lowest BCUT2D eigenvalue weighted by Gasteiger charge is -2.45. The Balaban J connectivity index is 1.95. The maximum Gasteiger partial charge on any atom is 0.0758 e. The fourth-order valence-corrected chi connectivity index (χ4v) is 4.18. The van der Waals surface area contributed by atoms with Crippen LogP contribution in [-0.2, 0) is 6.42 Å². The first-order valence-electron chi connectivity index (χ1n) is 8.55. The van der Waals surface area contributed by atoms with Crippen molar-refractivity contribution in [3.05, 3.63) is 71.4 Å². The van der Waals surface area contributed by atoms with Crippen LogP contribution in [0.3, 0.4) is 0 Å². The molecule has 3 nitrogen and oxygen atoms in total. The molecule has 1 aromatic heterocycles. The number of benzene rings is 2. The predicted octanol–water partition coefficient (Wildman–Crippen LogP) is 3.88. The molecule has 0 aliphatic carbocycles. The van der Waals surface area contributed by atoms with E-state index >= 15 is 0 Å². The topological polar surface area (TPSA) is 39.3 Å². The monoisotopic (exact) mass is 320 g/mol. The third-order valence-electron chi connectivity index (χ3n) is 5.35. The number of nitrogens with one attached hydrogen (secondary N) is 1. The first-order chi connectivity index (χ1) is 11.5. The molecule has 124 valence electrons. The third-order valence-corrected chi connectivity index (χ3v) is 5.35. The van der Waals surface area contributed by atoms with Crippen molar-refractivity contribution in [2.45, 2.75) is 38.0 Å². The molecule has 3 aromatic rings. The molecule has 0 amide bonds. The number of H-pyrrole nitrogens is 1.